The summed E-state index contributed by atoms with van der Waals surface area (Å²) in [5.74, 6) is -0.124. The van der Waals surface area contributed by atoms with E-state index in [-0.39, 0.29) is 22.3 Å². The average Bonchev–Trinajstić information content (AvgIpc) is 2.53. The second-order valence-corrected chi connectivity index (χ2v) is 5.00. The first kappa shape index (κ1) is 13.6. The van der Waals surface area contributed by atoms with Gasteiger partial charge in [-0.05, 0) is 25.5 Å². The molecule has 1 unspecified atom stereocenters. The van der Waals surface area contributed by atoms with Gasteiger partial charge in [0, 0.05) is 19.7 Å². The Balaban J connectivity index is 2.19. The Morgan fingerprint density at radius 3 is 3.00 bits per heavy atom. The predicted molar refractivity (Wildman–Crippen MR) is 70.2 cm³/mol. The van der Waals surface area contributed by atoms with Crippen LogP contribution in [0.4, 0.5) is 0 Å². The van der Waals surface area contributed by atoms with Crippen molar-refractivity contribution in [3.05, 3.63) is 28.0 Å². The molecule has 1 aromatic rings. The second kappa shape index (κ2) is 5.87. The van der Waals surface area contributed by atoms with Gasteiger partial charge in [-0.3, -0.25) is 4.79 Å². The summed E-state index contributed by atoms with van der Waals surface area (Å²) in [4.78, 5) is 18.0. The van der Waals surface area contributed by atoms with Gasteiger partial charge in [0.05, 0.1) is 11.7 Å². The van der Waals surface area contributed by atoms with Crippen LogP contribution in [0.15, 0.2) is 12.1 Å². The largest absolute Gasteiger partial charge is 0.377 e. The summed E-state index contributed by atoms with van der Waals surface area (Å²) in [6, 6.07) is 3.18. The molecule has 0 saturated carbocycles. The highest BCUT2D eigenvalue weighted by molar-refractivity contribution is 6.34. The zero-order valence-electron chi connectivity index (χ0n) is 10.0. The molecule has 0 bridgehead atoms. The summed E-state index contributed by atoms with van der Waals surface area (Å²) >= 11 is 11.7. The van der Waals surface area contributed by atoms with E-state index >= 15 is 0 Å². The van der Waals surface area contributed by atoms with Gasteiger partial charge >= 0.3 is 0 Å². The molecule has 2 heterocycles. The van der Waals surface area contributed by atoms with E-state index < -0.39 is 0 Å². The Morgan fingerprint density at radius 1 is 1.50 bits per heavy atom. The molecule has 1 saturated heterocycles. The van der Waals surface area contributed by atoms with Crippen molar-refractivity contribution in [1.82, 2.24) is 9.88 Å². The fraction of sp³-hybridized carbons (Fsp3) is 0.500. The van der Waals surface area contributed by atoms with Crippen LogP contribution in [0, 0.1) is 0 Å². The first-order chi connectivity index (χ1) is 8.58. The summed E-state index contributed by atoms with van der Waals surface area (Å²) in [6.45, 7) is 3.87. The molecule has 1 aliphatic heterocycles. The molecule has 0 spiro atoms. The van der Waals surface area contributed by atoms with Crippen LogP contribution in [-0.4, -0.2) is 41.6 Å². The SMILES string of the molecule is CC1CN(C(=O)c2ccc(Cl)nc2Cl)CCCO1. The van der Waals surface area contributed by atoms with Crippen molar-refractivity contribution >= 4 is 29.1 Å². The van der Waals surface area contributed by atoms with Crippen LogP contribution < -0.4 is 0 Å². The molecule has 0 aromatic carbocycles. The molecular formula is C12H14Cl2N2O2. The Hall–Kier alpha value is -0.840. The van der Waals surface area contributed by atoms with Crippen LogP contribution >= 0.6 is 23.2 Å². The van der Waals surface area contributed by atoms with Gasteiger partial charge < -0.3 is 9.64 Å². The topological polar surface area (TPSA) is 42.4 Å². The van der Waals surface area contributed by atoms with Crippen molar-refractivity contribution in [2.24, 2.45) is 0 Å². The molecule has 1 aromatic heterocycles. The van der Waals surface area contributed by atoms with Gasteiger partial charge in [0.2, 0.25) is 0 Å². The lowest BCUT2D eigenvalue weighted by Crippen LogP contribution is -2.36. The van der Waals surface area contributed by atoms with Gasteiger partial charge in [0.25, 0.3) is 5.91 Å². The van der Waals surface area contributed by atoms with Gasteiger partial charge in [-0.1, -0.05) is 23.2 Å². The van der Waals surface area contributed by atoms with Gasteiger partial charge in [-0.15, -0.1) is 0 Å². The maximum Gasteiger partial charge on any atom is 0.257 e. The molecule has 0 aliphatic carbocycles. The predicted octanol–water partition coefficient (Wildman–Crippen LogP) is 2.64. The fourth-order valence-corrected chi connectivity index (χ4v) is 2.35. The maximum absolute atomic E-state index is 12.3. The van der Waals surface area contributed by atoms with Crippen LogP contribution in [0.25, 0.3) is 0 Å². The Morgan fingerprint density at radius 2 is 2.28 bits per heavy atom. The summed E-state index contributed by atoms with van der Waals surface area (Å²) in [6.07, 6.45) is 0.866. The van der Waals surface area contributed by atoms with Crippen molar-refractivity contribution in [1.29, 1.82) is 0 Å². The highest BCUT2D eigenvalue weighted by atomic mass is 35.5. The van der Waals surface area contributed by atoms with Gasteiger partial charge in [0.15, 0.2) is 0 Å². The highest BCUT2D eigenvalue weighted by Gasteiger charge is 2.23. The number of rotatable bonds is 1. The lowest BCUT2D eigenvalue weighted by atomic mass is 10.2. The molecule has 1 atom stereocenters. The van der Waals surface area contributed by atoms with Crippen molar-refractivity contribution in [2.45, 2.75) is 19.4 Å². The zero-order valence-corrected chi connectivity index (χ0v) is 11.5. The third-order valence-corrected chi connectivity index (χ3v) is 3.28. The molecule has 4 nitrogen and oxygen atoms in total. The molecule has 1 aliphatic rings. The number of ether oxygens (including phenoxy) is 1. The quantitative estimate of drug-likeness (QED) is 0.746. The van der Waals surface area contributed by atoms with Crippen molar-refractivity contribution in [3.8, 4) is 0 Å². The summed E-state index contributed by atoms with van der Waals surface area (Å²) < 4.78 is 5.50. The third-order valence-electron chi connectivity index (χ3n) is 2.78. The minimum atomic E-state index is -0.124. The smallest absolute Gasteiger partial charge is 0.257 e. The minimum absolute atomic E-state index is 0.0375. The molecule has 98 valence electrons. The number of halogens is 2. The standard InChI is InChI=1S/C12H14Cl2N2O2/c1-8-7-16(5-2-6-18-8)12(17)9-3-4-10(13)15-11(9)14/h3-4,8H,2,5-7H2,1H3. The average molecular weight is 289 g/mol. The summed E-state index contributed by atoms with van der Waals surface area (Å²) in [5, 5.41) is 0.425. The zero-order chi connectivity index (χ0) is 13.1. The third kappa shape index (κ3) is 3.13. The first-order valence-corrected chi connectivity index (χ1v) is 6.56. The van der Waals surface area contributed by atoms with Crippen LogP contribution in [0.5, 0.6) is 0 Å². The number of carbonyl (C=O) groups excluding carboxylic acids is 1. The van der Waals surface area contributed by atoms with Crippen molar-refractivity contribution < 1.29 is 9.53 Å². The Kier molecular flexibility index (Phi) is 4.43. The number of aromatic nitrogens is 1. The van der Waals surface area contributed by atoms with E-state index in [9.17, 15) is 4.79 Å². The van der Waals surface area contributed by atoms with E-state index in [1.807, 2.05) is 6.92 Å². The lowest BCUT2D eigenvalue weighted by Gasteiger charge is -2.22. The monoisotopic (exact) mass is 288 g/mol. The summed E-state index contributed by atoms with van der Waals surface area (Å²) in [7, 11) is 0. The van der Waals surface area contributed by atoms with E-state index in [1.54, 1.807) is 17.0 Å². The first-order valence-electron chi connectivity index (χ1n) is 5.81. The van der Waals surface area contributed by atoms with Gasteiger partial charge in [0.1, 0.15) is 10.3 Å². The number of carbonyl (C=O) groups is 1. The Labute approximate surface area is 116 Å². The Bertz CT molecular complexity index is 454. The molecule has 6 heteroatoms. The molecule has 1 amide bonds. The molecule has 2 rings (SSSR count). The summed E-state index contributed by atoms with van der Waals surface area (Å²) in [5.41, 5.74) is 0.384. The molecule has 18 heavy (non-hydrogen) atoms. The molecular weight excluding hydrogens is 275 g/mol. The van der Waals surface area contributed by atoms with Crippen LogP contribution in [0.3, 0.4) is 0 Å². The van der Waals surface area contributed by atoms with Gasteiger partial charge in [-0.2, -0.15) is 0 Å². The van der Waals surface area contributed by atoms with Crippen LogP contribution in [0.1, 0.15) is 23.7 Å². The second-order valence-electron chi connectivity index (χ2n) is 4.26. The van der Waals surface area contributed by atoms with E-state index in [4.69, 9.17) is 27.9 Å². The molecule has 1 fully saturated rings. The molecule has 0 N–H and O–H groups in total. The van der Waals surface area contributed by atoms with Crippen molar-refractivity contribution in [2.75, 3.05) is 19.7 Å². The van der Waals surface area contributed by atoms with E-state index in [0.717, 1.165) is 6.42 Å². The number of hydrogen-bond donors (Lipinski definition) is 0. The number of nitrogens with zero attached hydrogens (tertiary/aromatic N) is 2. The van der Waals surface area contributed by atoms with Crippen molar-refractivity contribution in [3.63, 3.8) is 0 Å². The number of pyridine rings is 1. The van der Waals surface area contributed by atoms with Gasteiger partial charge in [-0.25, -0.2) is 4.98 Å². The number of amides is 1. The highest BCUT2D eigenvalue weighted by Crippen LogP contribution is 2.19. The van der Waals surface area contributed by atoms with Crippen LogP contribution in [0.2, 0.25) is 10.3 Å². The van der Waals surface area contributed by atoms with E-state index in [0.29, 0.717) is 25.3 Å². The minimum Gasteiger partial charge on any atom is -0.377 e. The lowest BCUT2D eigenvalue weighted by molar-refractivity contribution is 0.0562. The molecule has 0 radical (unpaired) electrons. The van der Waals surface area contributed by atoms with Crippen LogP contribution in [-0.2, 0) is 4.74 Å². The maximum atomic E-state index is 12.3. The number of hydrogen-bond acceptors (Lipinski definition) is 3. The normalized spacial score (nSPS) is 20.6. The fourth-order valence-electron chi connectivity index (χ4n) is 1.92. The van der Waals surface area contributed by atoms with E-state index in [2.05, 4.69) is 4.98 Å². The van der Waals surface area contributed by atoms with E-state index in [1.165, 1.54) is 0 Å².